The lowest BCUT2D eigenvalue weighted by Crippen LogP contribution is -2.39. The molecule has 5 atom stereocenters. The predicted octanol–water partition coefficient (Wildman–Crippen LogP) is 1.64. The summed E-state index contributed by atoms with van der Waals surface area (Å²) in [4.78, 5) is 31.0. The summed E-state index contributed by atoms with van der Waals surface area (Å²) in [6.45, 7) is 1.06. The summed E-state index contributed by atoms with van der Waals surface area (Å²) in [5.41, 5.74) is 8.03. The van der Waals surface area contributed by atoms with E-state index in [9.17, 15) is 9.59 Å². The number of nitrogens with two attached hydrogens (primary N) is 1. The molecule has 6 rings (SSSR count). The molecular formula is C25H26N4O5. The smallest absolute Gasteiger partial charge is 0.235 e. The number of amidine groups is 1. The minimum absolute atomic E-state index is 0.00336. The third-order valence-corrected chi connectivity index (χ3v) is 7.62. The van der Waals surface area contributed by atoms with Gasteiger partial charge in [0, 0.05) is 31.3 Å². The maximum Gasteiger partial charge on any atom is 0.235 e. The third kappa shape index (κ3) is 3.11. The van der Waals surface area contributed by atoms with Crippen molar-refractivity contribution in [3.8, 4) is 11.5 Å². The number of benzene rings is 2. The number of carbonyl (C=O) groups is 2. The summed E-state index contributed by atoms with van der Waals surface area (Å²) in [6.07, 6.45) is 0.743. The van der Waals surface area contributed by atoms with E-state index in [1.54, 1.807) is 19.2 Å². The number of imide groups is 1. The van der Waals surface area contributed by atoms with Gasteiger partial charge < -0.3 is 19.9 Å². The van der Waals surface area contributed by atoms with Crippen LogP contribution < -0.4 is 15.2 Å². The minimum Gasteiger partial charge on any atom is -0.454 e. The average molecular weight is 463 g/mol. The number of nitrogen functional groups attached to an aromatic ring is 1. The molecule has 9 heteroatoms. The molecule has 0 bridgehead atoms. The lowest BCUT2D eigenvalue weighted by atomic mass is 9.84. The Balaban J connectivity index is 1.33. The van der Waals surface area contributed by atoms with Crippen LogP contribution in [0.4, 0.5) is 0 Å². The highest BCUT2D eigenvalue weighted by atomic mass is 16.7. The SMILES string of the molecule is CO[C@H]1C[C@H]2[C@@H]3C(=O)N(Cc4ccc5c(c4)OCO5)C(=O)[C@@H]3[C@H](c3ccc(C(=N)N)cc3)N2C1. The van der Waals surface area contributed by atoms with Crippen molar-refractivity contribution in [1.29, 1.82) is 5.41 Å². The number of hydrogen-bond acceptors (Lipinski definition) is 7. The Hall–Kier alpha value is -3.43. The molecule has 34 heavy (non-hydrogen) atoms. The summed E-state index contributed by atoms with van der Waals surface area (Å²) < 4.78 is 16.5. The number of nitrogens with one attached hydrogen (secondary N) is 1. The van der Waals surface area contributed by atoms with Gasteiger partial charge in [0.1, 0.15) is 5.84 Å². The van der Waals surface area contributed by atoms with E-state index in [-0.39, 0.29) is 49.2 Å². The number of rotatable bonds is 5. The van der Waals surface area contributed by atoms with Gasteiger partial charge in [0.05, 0.1) is 24.5 Å². The van der Waals surface area contributed by atoms with Gasteiger partial charge in [-0.25, -0.2) is 0 Å². The van der Waals surface area contributed by atoms with Crippen molar-refractivity contribution in [3.05, 3.63) is 59.2 Å². The highest BCUT2D eigenvalue weighted by Crippen LogP contribution is 2.53. The molecule has 3 fully saturated rings. The van der Waals surface area contributed by atoms with Crippen LogP contribution in [-0.4, -0.2) is 60.0 Å². The lowest BCUT2D eigenvalue weighted by Gasteiger charge is -2.29. The highest BCUT2D eigenvalue weighted by molar-refractivity contribution is 6.06. The monoisotopic (exact) mass is 462 g/mol. The highest BCUT2D eigenvalue weighted by Gasteiger charge is 2.64. The van der Waals surface area contributed by atoms with Crippen LogP contribution in [0.15, 0.2) is 42.5 Å². The number of likely N-dealkylation sites (tertiary alicyclic amines) is 1. The zero-order chi connectivity index (χ0) is 23.6. The molecule has 4 aliphatic rings. The van der Waals surface area contributed by atoms with E-state index in [1.165, 1.54) is 4.90 Å². The van der Waals surface area contributed by atoms with Crippen molar-refractivity contribution < 1.29 is 23.8 Å². The van der Waals surface area contributed by atoms with E-state index in [0.29, 0.717) is 23.6 Å². The molecule has 0 saturated carbocycles. The van der Waals surface area contributed by atoms with Gasteiger partial charge in [0.2, 0.25) is 18.6 Å². The number of hydrogen-bond donors (Lipinski definition) is 2. The summed E-state index contributed by atoms with van der Waals surface area (Å²) in [7, 11) is 1.69. The Morgan fingerprint density at radius 3 is 2.56 bits per heavy atom. The first-order valence-corrected chi connectivity index (χ1v) is 11.4. The molecule has 3 N–H and O–H groups in total. The maximum atomic E-state index is 13.7. The second-order valence-electron chi connectivity index (χ2n) is 9.34. The molecule has 3 saturated heterocycles. The number of fused-ring (bicyclic) bond motifs is 4. The number of amides is 2. The van der Waals surface area contributed by atoms with E-state index < -0.39 is 11.8 Å². The number of carbonyl (C=O) groups excluding carboxylic acids is 2. The van der Waals surface area contributed by atoms with Crippen LogP contribution in [0.1, 0.15) is 29.2 Å². The summed E-state index contributed by atoms with van der Waals surface area (Å²) in [6, 6.07) is 12.7. The molecule has 4 heterocycles. The molecule has 2 aromatic carbocycles. The van der Waals surface area contributed by atoms with E-state index in [2.05, 4.69) is 4.90 Å². The fourth-order valence-electron chi connectivity index (χ4n) is 6.05. The van der Waals surface area contributed by atoms with Gasteiger partial charge in [-0.05, 0) is 29.7 Å². The largest absolute Gasteiger partial charge is 0.454 e. The van der Waals surface area contributed by atoms with Crippen LogP contribution in [0.5, 0.6) is 11.5 Å². The van der Waals surface area contributed by atoms with Gasteiger partial charge in [-0.2, -0.15) is 0 Å². The molecule has 2 amide bonds. The fraction of sp³-hybridized carbons (Fsp3) is 0.400. The van der Waals surface area contributed by atoms with E-state index in [4.69, 9.17) is 25.4 Å². The Morgan fingerprint density at radius 1 is 1.09 bits per heavy atom. The molecule has 4 aliphatic heterocycles. The standard InChI is InChI=1S/C25H26N4O5/c1-32-16-9-17-20-21(22(28(17)11-16)14-3-5-15(6-4-14)23(26)27)25(31)29(24(20)30)10-13-2-7-18-19(8-13)34-12-33-18/h2-8,16-17,20-22H,9-12H2,1H3,(H3,26,27)/t16-,17-,20-,21-,22-/m0/s1. The molecular weight excluding hydrogens is 436 g/mol. The average Bonchev–Trinajstić information content (AvgIpc) is 3.58. The normalized spacial score (nSPS) is 29.6. The zero-order valence-corrected chi connectivity index (χ0v) is 18.8. The van der Waals surface area contributed by atoms with Crippen molar-refractivity contribution in [2.24, 2.45) is 17.6 Å². The molecule has 9 nitrogen and oxygen atoms in total. The van der Waals surface area contributed by atoms with Crippen molar-refractivity contribution in [1.82, 2.24) is 9.80 Å². The van der Waals surface area contributed by atoms with Crippen LogP contribution in [-0.2, 0) is 20.9 Å². The van der Waals surface area contributed by atoms with Crippen LogP contribution in [0.25, 0.3) is 0 Å². The van der Waals surface area contributed by atoms with Gasteiger partial charge in [0.25, 0.3) is 0 Å². The number of ether oxygens (including phenoxy) is 3. The van der Waals surface area contributed by atoms with Crippen molar-refractivity contribution in [2.75, 3.05) is 20.4 Å². The summed E-state index contributed by atoms with van der Waals surface area (Å²) in [5.74, 6) is 0.174. The van der Waals surface area contributed by atoms with Gasteiger partial charge in [-0.15, -0.1) is 0 Å². The first-order chi connectivity index (χ1) is 16.5. The number of nitrogens with zero attached hydrogens (tertiary/aromatic N) is 2. The topological polar surface area (TPSA) is 118 Å². The minimum atomic E-state index is -0.451. The zero-order valence-electron chi connectivity index (χ0n) is 18.8. The molecule has 0 aliphatic carbocycles. The van der Waals surface area contributed by atoms with Crippen molar-refractivity contribution in [2.45, 2.75) is 31.2 Å². The molecule has 0 unspecified atom stereocenters. The lowest BCUT2D eigenvalue weighted by molar-refractivity contribution is -0.142. The van der Waals surface area contributed by atoms with Gasteiger partial charge in [0.15, 0.2) is 11.5 Å². The summed E-state index contributed by atoms with van der Waals surface area (Å²) >= 11 is 0. The second-order valence-corrected chi connectivity index (χ2v) is 9.34. The second kappa shape index (κ2) is 7.82. The van der Waals surface area contributed by atoms with E-state index in [1.807, 2.05) is 30.3 Å². The van der Waals surface area contributed by atoms with Gasteiger partial charge >= 0.3 is 0 Å². The molecule has 176 valence electrons. The van der Waals surface area contributed by atoms with E-state index in [0.717, 1.165) is 17.5 Å². The van der Waals surface area contributed by atoms with Crippen LogP contribution >= 0.6 is 0 Å². The van der Waals surface area contributed by atoms with Crippen LogP contribution in [0.3, 0.4) is 0 Å². The molecule has 0 radical (unpaired) electrons. The van der Waals surface area contributed by atoms with Crippen LogP contribution in [0, 0.1) is 17.2 Å². The fourth-order valence-corrected chi connectivity index (χ4v) is 6.05. The quantitative estimate of drug-likeness (QED) is 0.394. The first kappa shape index (κ1) is 21.1. The predicted molar refractivity (Wildman–Crippen MR) is 121 cm³/mol. The number of methoxy groups -OCH3 is 1. The van der Waals surface area contributed by atoms with Crippen molar-refractivity contribution in [3.63, 3.8) is 0 Å². The van der Waals surface area contributed by atoms with Crippen LogP contribution in [0.2, 0.25) is 0 Å². The Bertz CT molecular complexity index is 1180. The summed E-state index contributed by atoms with van der Waals surface area (Å²) in [5, 5.41) is 7.67. The van der Waals surface area contributed by atoms with Crippen molar-refractivity contribution >= 4 is 17.6 Å². The Kier molecular flexibility index (Phi) is 4.86. The molecule has 2 aromatic rings. The maximum absolute atomic E-state index is 13.7. The third-order valence-electron chi connectivity index (χ3n) is 7.62. The first-order valence-electron chi connectivity index (χ1n) is 11.4. The Morgan fingerprint density at radius 2 is 1.82 bits per heavy atom. The molecule has 0 aromatic heterocycles. The van der Waals surface area contributed by atoms with E-state index >= 15 is 0 Å². The Labute approximate surface area is 196 Å². The van der Waals surface area contributed by atoms with Gasteiger partial charge in [-0.3, -0.25) is 24.8 Å². The van der Waals surface area contributed by atoms with Gasteiger partial charge in [-0.1, -0.05) is 30.3 Å². The molecule has 0 spiro atoms.